The summed E-state index contributed by atoms with van der Waals surface area (Å²) in [5.74, 6) is 5.01. The van der Waals surface area contributed by atoms with Crippen LogP contribution in [-0.4, -0.2) is 30.2 Å². The standard InChI is InChI=1S/C21H23N5O2/c1-14(23)19(20(24)27)26-21(28)18-10-8-16(9-11-18)3-2-15-4-6-17(7-5-15)12-25-13-22/h4-11,13-14,19H,12,23H2,1H3,(H2,22,25)(H2,24,27)(H,26,28). The van der Waals surface area contributed by atoms with Gasteiger partial charge in [0.15, 0.2) is 0 Å². The molecule has 0 spiro atoms. The van der Waals surface area contributed by atoms with Crippen LogP contribution in [0.4, 0.5) is 0 Å². The monoisotopic (exact) mass is 377 g/mol. The lowest BCUT2D eigenvalue weighted by Gasteiger charge is -2.18. The van der Waals surface area contributed by atoms with E-state index >= 15 is 0 Å². The minimum Gasteiger partial charge on any atom is -0.390 e. The number of carbonyl (C=O) groups is 2. The molecule has 28 heavy (non-hydrogen) atoms. The third-order valence-electron chi connectivity index (χ3n) is 3.95. The zero-order valence-electron chi connectivity index (χ0n) is 15.6. The van der Waals surface area contributed by atoms with E-state index in [-0.39, 0.29) is 0 Å². The van der Waals surface area contributed by atoms with Crippen LogP contribution in [0.2, 0.25) is 0 Å². The van der Waals surface area contributed by atoms with Crippen LogP contribution in [0.5, 0.6) is 0 Å². The molecule has 2 aromatic carbocycles. The van der Waals surface area contributed by atoms with E-state index in [1.165, 1.54) is 6.34 Å². The lowest BCUT2D eigenvalue weighted by atomic mass is 10.1. The Morgan fingerprint density at radius 1 is 1.07 bits per heavy atom. The Morgan fingerprint density at radius 3 is 2.07 bits per heavy atom. The van der Waals surface area contributed by atoms with Gasteiger partial charge in [-0.15, -0.1) is 0 Å². The van der Waals surface area contributed by atoms with Gasteiger partial charge < -0.3 is 22.5 Å². The van der Waals surface area contributed by atoms with Crippen molar-refractivity contribution in [2.75, 3.05) is 0 Å². The Balaban J connectivity index is 2.04. The van der Waals surface area contributed by atoms with Crippen molar-refractivity contribution in [2.45, 2.75) is 25.6 Å². The number of primary amides is 1. The Bertz CT molecular complexity index is 907. The zero-order chi connectivity index (χ0) is 20.5. The molecule has 0 fully saturated rings. The molecular weight excluding hydrogens is 354 g/mol. The molecule has 2 rings (SSSR count). The molecule has 144 valence electrons. The molecule has 0 aliphatic rings. The molecule has 7 heteroatoms. The maximum Gasteiger partial charge on any atom is 0.251 e. The van der Waals surface area contributed by atoms with Gasteiger partial charge in [-0.2, -0.15) is 0 Å². The van der Waals surface area contributed by atoms with Crippen LogP contribution >= 0.6 is 0 Å². The number of aliphatic imine (C=N–C) groups is 1. The van der Waals surface area contributed by atoms with E-state index < -0.39 is 23.9 Å². The van der Waals surface area contributed by atoms with E-state index in [2.05, 4.69) is 22.2 Å². The van der Waals surface area contributed by atoms with E-state index in [9.17, 15) is 9.59 Å². The molecule has 0 saturated heterocycles. The SMILES string of the molecule is CC(N)C(NC(=O)c1ccc(C#Cc2ccc(CN=CN)cc2)cc1)C(N)=O. The minimum atomic E-state index is -0.925. The summed E-state index contributed by atoms with van der Waals surface area (Å²) >= 11 is 0. The third-order valence-corrected chi connectivity index (χ3v) is 3.95. The molecule has 0 aliphatic carbocycles. The molecule has 0 radical (unpaired) electrons. The highest BCUT2D eigenvalue weighted by Crippen LogP contribution is 2.07. The number of hydrogen-bond donors (Lipinski definition) is 4. The van der Waals surface area contributed by atoms with Gasteiger partial charge in [0.1, 0.15) is 6.04 Å². The number of hydrogen-bond acceptors (Lipinski definition) is 4. The van der Waals surface area contributed by atoms with Crippen LogP contribution in [-0.2, 0) is 11.3 Å². The first-order valence-electron chi connectivity index (χ1n) is 8.67. The highest BCUT2D eigenvalue weighted by Gasteiger charge is 2.22. The number of nitrogens with zero attached hydrogens (tertiary/aromatic N) is 1. The topological polar surface area (TPSA) is 137 Å². The number of nitrogens with two attached hydrogens (primary N) is 3. The Labute approximate surface area is 164 Å². The van der Waals surface area contributed by atoms with Crippen LogP contribution in [0.3, 0.4) is 0 Å². The van der Waals surface area contributed by atoms with E-state index in [0.717, 1.165) is 16.7 Å². The van der Waals surface area contributed by atoms with E-state index in [1.807, 2.05) is 24.3 Å². The summed E-state index contributed by atoms with van der Waals surface area (Å²) in [5.41, 5.74) is 19.2. The molecule has 2 unspecified atom stereocenters. The lowest BCUT2D eigenvalue weighted by molar-refractivity contribution is -0.120. The fourth-order valence-corrected chi connectivity index (χ4v) is 2.39. The van der Waals surface area contributed by atoms with Crippen molar-refractivity contribution in [2.24, 2.45) is 22.2 Å². The summed E-state index contributed by atoms with van der Waals surface area (Å²) in [6, 6.07) is 12.9. The van der Waals surface area contributed by atoms with Crippen LogP contribution in [0.1, 0.15) is 34.0 Å². The minimum absolute atomic E-state index is 0.391. The van der Waals surface area contributed by atoms with E-state index in [1.54, 1.807) is 31.2 Å². The first kappa shape index (κ1) is 20.7. The highest BCUT2D eigenvalue weighted by atomic mass is 16.2. The molecule has 7 N–H and O–H groups in total. The predicted octanol–water partition coefficient (Wildman–Crippen LogP) is 0.504. The van der Waals surface area contributed by atoms with Crippen LogP contribution in [0.15, 0.2) is 53.5 Å². The smallest absolute Gasteiger partial charge is 0.251 e. The van der Waals surface area contributed by atoms with E-state index in [0.29, 0.717) is 12.1 Å². The number of rotatable bonds is 6. The third kappa shape index (κ3) is 5.97. The molecule has 0 heterocycles. The van der Waals surface area contributed by atoms with Crippen molar-refractivity contribution in [1.82, 2.24) is 5.32 Å². The number of nitrogens with one attached hydrogen (secondary N) is 1. The molecule has 2 atom stereocenters. The molecular formula is C21H23N5O2. The van der Waals surface area contributed by atoms with Gasteiger partial charge >= 0.3 is 0 Å². The summed E-state index contributed by atoms with van der Waals surface area (Å²) in [5, 5.41) is 2.54. The van der Waals surface area contributed by atoms with Crippen molar-refractivity contribution in [1.29, 1.82) is 0 Å². The summed E-state index contributed by atoms with van der Waals surface area (Å²) in [4.78, 5) is 27.6. The van der Waals surface area contributed by atoms with Gasteiger partial charge in [0, 0.05) is 22.7 Å². The van der Waals surface area contributed by atoms with Crippen LogP contribution in [0, 0.1) is 11.8 Å². The summed E-state index contributed by atoms with van der Waals surface area (Å²) in [7, 11) is 0. The lowest BCUT2D eigenvalue weighted by Crippen LogP contribution is -2.53. The van der Waals surface area contributed by atoms with Crippen molar-refractivity contribution < 1.29 is 9.59 Å². The highest BCUT2D eigenvalue weighted by molar-refractivity contribution is 5.97. The maximum absolute atomic E-state index is 12.2. The maximum atomic E-state index is 12.2. The molecule has 2 amide bonds. The van der Waals surface area contributed by atoms with Gasteiger partial charge in [-0.05, 0) is 48.9 Å². The second-order valence-electron chi connectivity index (χ2n) is 6.23. The summed E-state index contributed by atoms with van der Waals surface area (Å²) in [6.45, 7) is 2.14. The second-order valence-corrected chi connectivity index (χ2v) is 6.23. The molecule has 2 aromatic rings. The average molecular weight is 377 g/mol. The zero-order valence-corrected chi connectivity index (χ0v) is 15.6. The molecule has 0 bridgehead atoms. The van der Waals surface area contributed by atoms with Crippen molar-refractivity contribution in [3.8, 4) is 11.8 Å². The van der Waals surface area contributed by atoms with Gasteiger partial charge in [0.05, 0.1) is 12.9 Å². The second kappa shape index (κ2) is 9.90. The molecule has 7 nitrogen and oxygen atoms in total. The van der Waals surface area contributed by atoms with Crippen LogP contribution < -0.4 is 22.5 Å². The van der Waals surface area contributed by atoms with Crippen LogP contribution in [0.25, 0.3) is 0 Å². The predicted molar refractivity (Wildman–Crippen MR) is 109 cm³/mol. The Kier molecular flexibility index (Phi) is 7.31. The first-order chi connectivity index (χ1) is 13.4. The summed E-state index contributed by atoms with van der Waals surface area (Å²) < 4.78 is 0. The Hall–Kier alpha value is -3.63. The van der Waals surface area contributed by atoms with Gasteiger partial charge in [-0.3, -0.25) is 14.6 Å². The number of amides is 2. The van der Waals surface area contributed by atoms with Gasteiger partial charge in [0.2, 0.25) is 5.91 Å². The van der Waals surface area contributed by atoms with Gasteiger partial charge in [-0.1, -0.05) is 24.0 Å². The fourth-order valence-electron chi connectivity index (χ4n) is 2.39. The van der Waals surface area contributed by atoms with Gasteiger partial charge in [-0.25, -0.2) is 0 Å². The average Bonchev–Trinajstić information content (AvgIpc) is 2.69. The molecule has 0 aromatic heterocycles. The van der Waals surface area contributed by atoms with Gasteiger partial charge in [0.25, 0.3) is 5.91 Å². The van der Waals surface area contributed by atoms with Crippen molar-refractivity contribution >= 4 is 18.2 Å². The quantitative estimate of drug-likeness (QED) is 0.331. The summed E-state index contributed by atoms with van der Waals surface area (Å²) in [6.07, 6.45) is 1.28. The number of carbonyl (C=O) groups excluding carboxylic acids is 2. The normalized spacial score (nSPS) is 12.6. The Morgan fingerprint density at radius 2 is 1.61 bits per heavy atom. The molecule has 0 aliphatic heterocycles. The fraction of sp³-hybridized carbons (Fsp3) is 0.190. The first-order valence-corrected chi connectivity index (χ1v) is 8.67. The van der Waals surface area contributed by atoms with E-state index in [4.69, 9.17) is 17.2 Å². The van der Waals surface area contributed by atoms with Crippen molar-refractivity contribution in [3.05, 3.63) is 70.8 Å². The largest absolute Gasteiger partial charge is 0.390 e. The molecule has 0 saturated carbocycles. The number of benzene rings is 2. The van der Waals surface area contributed by atoms with Crippen molar-refractivity contribution in [3.63, 3.8) is 0 Å².